The van der Waals surface area contributed by atoms with E-state index in [0.29, 0.717) is 0 Å². The van der Waals surface area contributed by atoms with Gasteiger partial charge in [0.25, 0.3) is 0 Å². The SMILES string of the molecule is CSc1ccccc1N=Cc1c(O)[nH]c2ccccc12. The first kappa shape index (κ1) is 12.8. The molecule has 0 fully saturated rings. The van der Waals surface area contributed by atoms with Crippen molar-refractivity contribution in [1.29, 1.82) is 0 Å². The molecule has 0 saturated carbocycles. The van der Waals surface area contributed by atoms with Crippen LogP contribution in [0.15, 0.2) is 58.4 Å². The largest absolute Gasteiger partial charge is 0.494 e. The summed E-state index contributed by atoms with van der Waals surface area (Å²) in [5, 5.41) is 11.0. The number of rotatable bonds is 3. The van der Waals surface area contributed by atoms with Gasteiger partial charge in [0.2, 0.25) is 0 Å². The van der Waals surface area contributed by atoms with Crippen LogP contribution in [-0.4, -0.2) is 22.6 Å². The van der Waals surface area contributed by atoms with Gasteiger partial charge in [0, 0.05) is 22.0 Å². The van der Waals surface area contributed by atoms with Crippen molar-refractivity contribution in [2.75, 3.05) is 6.26 Å². The molecule has 0 spiro atoms. The van der Waals surface area contributed by atoms with Crippen LogP contribution in [0.3, 0.4) is 0 Å². The predicted octanol–water partition coefficient (Wildman–Crippen LogP) is 4.35. The topological polar surface area (TPSA) is 48.4 Å². The third-order valence-corrected chi connectivity index (χ3v) is 3.93. The van der Waals surface area contributed by atoms with Crippen molar-refractivity contribution in [3.05, 3.63) is 54.1 Å². The van der Waals surface area contributed by atoms with Gasteiger partial charge in [0.05, 0.1) is 11.3 Å². The maximum absolute atomic E-state index is 9.99. The third-order valence-electron chi connectivity index (χ3n) is 3.14. The van der Waals surface area contributed by atoms with Crippen LogP contribution in [0, 0.1) is 0 Å². The second-order valence-electron chi connectivity index (χ2n) is 4.36. The zero-order chi connectivity index (χ0) is 13.9. The Labute approximate surface area is 121 Å². The molecule has 20 heavy (non-hydrogen) atoms. The second-order valence-corrected chi connectivity index (χ2v) is 5.21. The van der Waals surface area contributed by atoms with E-state index in [0.717, 1.165) is 27.0 Å². The van der Waals surface area contributed by atoms with E-state index in [1.807, 2.05) is 54.8 Å². The monoisotopic (exact) mass is 282 g/mol. The van der Waals surface area contributed by atoms with Crippen LogP contribution in [0.1, 0.15) is 5.56 Å². The number of nitrogens with zero attached hydrogens (tertiary/aromatic N) is 1. The highest BCUT2D eigenvalue weighted by atomic mass is 32.2. The molecule has 4 heteroatoms. The molecule has 0 aliphatic heterocycles. The molecule has 0 unspecified atom stereocenters. The summed E-state index contributed by atoms with van der Waals surface area (Å²) in [5.74, 6) is 0.150. The smallest absolute Gasteiger partial charge is 0.198 e. The molecule has 100 valence electrons. The van der Waals surface area contributed by atoms with Gasteiger partial charge in [0.15, 0.2) is 5.88 Å². The van der Waals surface area contributed by atoms with Crippen LogP contribution < -0.4 is 0 Å². The van der Waals surface area contributed by atoms with Gasteiger partial charge in [-0.15, -0.1) is 11.8 Å². The Balaban J connectivity index is 2.05. The van der Waals surface area contributed by atoms with Crippen molar-refractivity contribution in [2.45, 2.75) is 4.90 Å². The minimum atomic E-state index is 0.150. The van der Waals surface area contributed by atoms with Gasteiger partial charge in [-0.25, -0.2) is 0 Å². The van der Waals surface area contributed by atoms with E-state index in [1.54, 1.807) is 18.0 Å². The number of aromatic amines is 1. The number of benzene rings is 2. The van der Waals surface area contributed by atoms with E-state index in [1.165, 1.54) is 0 Å². The summed E-state index contributed by atoms with van der Waals surface area (Å²) in [7, 11) is 0. The summed E-state index contributed by atoms with van der Waals surface area (Å²) in [6.45, 7) is 0. The van der Waals surface area contributed by atoms with Crippen molar-refractivity contribution in [3.8, 4) is 5.88 Å². The van der Waals surface area contributed by atoms with E-state index in [4.69, 9.17) is 0 Å². The number of hydrogen-bond donors (Lipinski definition) is 2. The molecule has 1 aromatic heterocycles. The Morgan fingerprint density at radius 1 is 1.10 bits per heavy atom. The first-order valence-electron chi connectivity index (χ1n) is 6.26. The summed E-state index contributed by atoms with van der Waals surface area (Å²) >= 11 is 1.66. The Bertz CT molecular complexity index is 777. The van der Waals surface area contributed by atoms with E-state index >= 15 is 0 Å². The number of H-pyrrole nitrogens is 1. The summed E-state index contributed by atoms with van der Waals surface area (Å²) < 4.78 is 0. The van der Waals surface area contributed by atoms with E-state index in [9.17, 15) is 5.11 Å². The quantitative estimate of drug-likeness (QED) is 0.554. The van der Waals surface area contributed by atoms with Gasteiger partial charge < -0.3 is 10.1 Å². The molecule has 1 heterocycles. The fourth-order valence-corrected chi connectivity index (χ4v) is 2.70. The van der Waals surface area contributed by atoms with Crippen LogP contribution in [0.4, 0.5) is 5.69 Å². The fourth-order valence-electron chi connectivity index (χ4n) is 2.15. The van der Waals surface area contributed by atoms with Crippen molar-refractivity contribution in [1.82, 2.24) is 4.98 Å². The Morgan fingerprint density at radius 2 is 1.85 bits per heavy atom. The fraction of sp³-hybridized carbons (Fsp3) is 0.0625. The summed E-state index contributed by atoms with van der Waals surface area (Å²) in [6, 6.07) is 15.7. The number of thioether (sulfide) groups is 1. The van der Waals surface area contributed by atoms with Gasteiger partial charge in [-0.3, -0.25) is 4.99 Å². The molecule has 3 nitrogen and oxygen atoms in total. The van der Waals surface area contributed by atoms with Gasteiger partial charge in [-0.1, -0.05) is 30.3 Å². The van der Waals surface area contributed by atoms with Crippen molar-refractivity contribution in [3.63, 3.8) is 0 Å². The molecule has 0 radical (unpaired) electrons. The number of aromatic hydroxyl groups is 1. The zero-order valence-electron chi connectivity index (χ0n) is 11.0. The Morgan fingerprint density at radius 3 is 2.70 bits per heavy atom. The van der Waals surface area contributed by atoms with Crippen molar-refractivity contribution >= 4 is 34.6 Å². The number of aliphatic imine (C=N–C) groups is 1. The van der Waals surface area contributed by atoms with Crippen LogP contribution in [0.25, 0.3) is 10.9 Å². The van der Waals surface area contributed by atoms with Gasteiger partial charge in [0.1, 0.15) is 0 Å². The highest BCUT2D eigenvalue weighted by Crippen LogP contribution is 2.29. The molecule has 0 aliphatic rings. The van der Waals surface area contributed by atoms with Crippen molar-refractivity contribution < 1.29 is 5.11 Å². The first-order chi connectivity index (χ1) is 9.79. The number of hydrogen-bond acceptors (Lipinski definition) is 3. The standard InChI is InChI=1S/C16H14N2OS/c1-20-15-9-5-4-8-14(15)17-10-12-11-6-2-3-7-13(11)18-16(12)19/h2-10,18-19H,1H3. The molecule has 0 bridgehead atoms. The first-order valence-corrected chi connectivity index (χ1v) is 7.49. The predicted molar refractivity (Wildman–Crippen MR) is 85.4 cm³/mol. The number of aromatic nitrogens is 1. The molecule has 3 rings (SSSR count). The maximum atomic E-state index is 9.99. The van der Waals surface area contributed by atoms with Crippen LogP contribution in [0.5, 0.6) is 5.88 Å². The van der Waals surface area contributed by atoms with Gasteiger partial charge in [-0.2, -0.15) is 0 Å². The number of para-hydroxylation sites is 2. The number of nitrogens with one attached hydrogen (secondary N) is 1. The molecule has 0 aliphatic carbocycles. The minimum Gasteiger partial charge on any atom is -0.494 e. The lowest BCUT2D eigenvalue weighted by Gasteiger charge is -2.00. The number of fused-ring (bicyclic) bond motifs is 1. The van der Waals surface area contributed by atoms with Gasteiger partial charge >= 0.3 is 0 Å². The van der Waals surface area contributed by atoms with Crippen LogP contribution >= 0.6 is 11.8 Å². The molecule has 2 N–H and O–H groups in total. The molecule has 3 aromatic rings. The maximum Gasteiger partial charge on any atom is 0.198 e. The third kappa shape index (κ3) is 2.30. The average molecular weight is 282 g/mol. The van der Waals surface area contributed by atoms with E-state index in [-0.39, 0.29) is 5.88 Å². The summed E-state index contributed by atoms with van der Waals surface area (Å²) in [6.07, 6.45) is 3.74. The van der Waals surface area contributed by atoms with Crippen molar-refractivity contribution in [2.24, 2.45) is 4.99 Å². The Kier molecular flexibility index (Phi) is 3.48. The molecular weight excluding hydrogens is 268 g/mol. The molecule has 0 atom stereocenters. The second kappa shape index (κ2) is 5.43. The minimum absolute atomic E-state index is 0.150. The molecular formula is C16H14N2OS. The lowest BCUT2D eigenvalue weighted by Crippen LogP contribution is -1.80. The molecule has 2 aromatic carbocycles. The van der Waals surface area contributed by atoms with E-state index < -0.39 is 0 Å². The summed E-state index contributed by atoms with van der Waals surface area (Å²) in [5.41, 5.74) is 2.53. The molecule has 0 saturated heterocycles. The highest BCUT2D eigenvalue weighted by Gasteiger charge is 2.08. The van der Waals surface area contributed by atoms with Crippen LogP contribution in [0.2, 0.25) is 0 Å². The average Bonchev–Trinajstić information content (AvgIpc) is 2.81. The normalized spacial score (nSPS) is 11.4. The van der Waals surface area contributed by atoms with Crippen LogP contribution in [-0.2, 0) is 0 Å². The zero-order valence-corrected chi connectivity index (χ0v) is 11.8. The Hall–Kier alpha value is -2.20. The lowest BCUT2D eigenvalue weighted by molar-refractivity contribution is 0.457. The summed E-state index contributed by atoms with van der Waals surface area (Å²) in [4.78, 5) is 8.57. The lowest BCUT2D eigenvalue weighted by atomic mass is 10.2. The van der Waals surface area contributed by atoms with E-state index in [2.05, 4.69) is 9.98 Å². The van der Waals surface area contributed by atoms with Gasteiger partial charge in [-0.05, 0) is 24.5 Å². The molecule has 0 amide bonds. The highest BCUT2D eigenvalue weighted by molar-refractivity contribution is 7.98.